The van der Waals surface area contributed by atoms with Crippen LogP contribution < -0.4 is 0 Å². The number of carbonyl (C=O) groups is 1. The first kappa shape index (κ1) is 11.5. The molecule has 0 unspecified atom stereocenters. The molecule has 2 aromatic heterocycles. The van der Waals surface area contributed by atoms with Crippen molar-refractivity contribution in [1.82, 2.24) is 14.5 Å². The van der Waals surface area contributed by atoms with Gasteiger partial charge < -0.3 is 14.1 Å². The molecule has 19 heavy (non-hydrogen) atoms. The minimum atomic E-state index is -1.11. The molecule has 0 saturated heterocycles. The highest BCUT2D eigenvalue weighted by Gasteiger charge is 2.20. The van der Waals surface area contributed by atoms with E-state index < -0.39 is 5.97 Å². The van der Waals surface area contributed by atoms with E-state index in [2.05, 4.69) is 9.97 Å². The van der Waals surface area contributed by atoms with Crippen molar-refractivity contribution in [3.8, 4) is 11.7 Å². The van der Waals surface area contributed by atoms with Crippen molar-refractivity contribution in [2.45, 2.75) is 6.92 Å². The van der Waals surface area contributed by atoms with Gasteiger partial charge in [0.1, 0.15) is 5.76 Å². The van der Waals surface area contributed by atoms with E-state index in [1.54, 1.807) is 6.92 Å². The Morgan fingerprint density at radius 3 is 2.68 bits per heavy atom. The highest BCUT2D eigenvalue weighted by atomic mass is 16.4. The lowest BCUT2D eigenvalue weighted by atomic mass is 10.3. The molecule has 0 aliphatic rings. The van der Waals surface area contributed by atoms with Gasteiger partial charge in [-0.25, -0.2) is 9.78 Å². The third-order valence-corrected chi connectivity index (χ3v) is 2.98. The summed E-state index contributed by atoms with van der Waals surface area (Å²) in [5.74, 6) is -0.105. The van der Waals surface area contributed by atoms with Gasteiger partial charge in [0.05, 0.1) is 11.0 Å². The maximum atomic E-state index is 11.0. The molecular weight excluding hydrogens is 246 g/mol. The summed E-state index contributed by atoms with van der Waals surface area (Å²) in [5.41, 5.74) is 1.67. The van der Waals surface area contributed by atoms with Crippen LogP contribution in [-0.2, 0) is 7.05 Å². The number of oxazole rings is 1. The molecule has 0 saturated carbocycles. The van der Waals surface area contributed by atoms with Crippen LogP contribution in [-0.4, -0.2) is 25.6 Å². The van der Waals surface area contributed by atoms with Crippen LogP contribution in [0.3, 0.4) is 0 Å². The second kappa shape index (κ2) is 3.94. The second-order valence-electron chi connectivity index (χ2n) is 4.21. The molecule has 1 N–H and O–H groups in total. The molecule has 0 bridgehead atoms. The molecule has 96 valence electrons. The fourth-order valence-corrected chi connectivity index (χ4v) is 2.03. The van der Waals surface area contributed by atoms with Crippen LogP contribution in [0.15, 0.2) is 28.7 Å². The van der Waals surface area contributed by atoms with Crippen LogP contribution in [0.5, 0.6) is 0 Å². The predicted octanol–water partition coefficient (Wildman–Crippen LogP) is 2.23. The number of imidazole rings is 1. The second-order valence-corrected chi connectivity index (χ2v) is 4.21. The average molecular weight is 257 g/mol. The Bertz CT molecular complexity index is 786. The van der Waals surface area contributed by atoms with Gasteiger partial charge in [-0.1, -0.05) is 12.1 Å². The number of benzene rings is 1. The highest BCUT2D eigenvalue weighted by Crippen LogP contribution is 2.24. The van der Waals surface area contributed by atoms with Gasteiger partial charge in [0.25, 0.3) is 5.89 Å². The number of aromatic carboxylic acids is 1. The average Bonchev–Trinajstić information content (AvgIpc) is 2.91. The molecule has 0 spiro atoms. The summed E-state index contributed by atoms with van der Waals surface area (Å²) in [7, 11) is 1.84. The zero-order valence-corrected chi connectivity index (χ0v) is 10.4. The van der Waals surface area contributed by atoms with Crippen molar-refractivity contribution < 1.29 is 14.3 Å². The van der Waals surface area contributed by atoms with E-state index in [1.807, 2.05) is 35.9 Å². The number of carboxylic acids is 1. The molecule has 1 aromatic carbocycles. The standard InChI is InChI=1S/C13H11N3O3/c1-7-10(13(17)18)15-12(19-7)11-14-8-5-3-4-6-9(8)16(11)2/h3-6H,1-2H3,(H,17,18). The number of fused-ring (bicyclic) bond motifs is 1. The first-order chi connectivity index (χ1) is 9.08. The number of aryl methyl sites for hydroxylation is 2. The molecule has 3 rings (SSSR count). The first-order valence-corrected chi connectivity index (χ1v) is 5.70. The Balaban J connectivity index is 2.22. The lowest BCUT2D eigenvalue weighted by Crippen LogP contribution is -1.99. The van der Waals surface area contributed by atoms with Gasteiger partial charge in [-0.3, -0.25) is 0 Å². The molecule has 0 aliphatic carbocycles. The van der Waals surface area contributed by atoms with E-state index in [4.69, 9.17) is 9.52 Å². The Labute approximate surface area is 108 Å². The van der Waals surface area contributed by atoms with Gasteiger partial charge in [0.15, 0.2) is 11.5 Å². The van der Waals surface area contributed by atoms with Gasteiger partial charge in [0.2, 0.25) is 0 Å². The monoisotopic (exact) mass is 257 g/mol. The highest BCUT2D eigenvalue weighted by molar-refractivity contribution is 5.87. The van der Waals surface area contributed by atoms with Crippen molar-refractivity contribution >= 4 is 17.0 Å². The molecule has 0 amide bonds. The number of para-hydroxylation sites is 2. The Morgan fingerprint density at radius 2 is 2.05 bits per heavy atom. The van der Waals surface area contributed by atoms with Crippen LogP contribution in [0.2, 0.25) is 0 Å². The van der Waals surface area contributed by atoms with E-state index >= 15 is 0 Å². The van der Waals surface area contributed by atoms with Crippen molar-refractivity contribution in [3.05, 3.63) is 35.7 Å². The number of carboxylic acid groups (broad SMARTS) is 1. The molecule has 2 heterocycles. The molecule has 0 aliphatic heterocycles. The number of aromatic nitrogens is 3. The van der Waals surface area contributed by atoms with E-state index in [0.717, 1.165) is 11.0 Å². The lowest BCUT2D eigenvalue weighted by Gasteiger charge is -1.96. The van der Waals surface area contributed by atoms with Crippen LogP contribution in [0.4, 0.5) is 0 Å². The Hall–Kier alpha value is -2.63. The lowest BCUT2D eigenvalue weighted by molar-refractivity contribution is 0.0689. The molecule has 6 heteroatoms. The Morgan fingerprint density at radius 1 is 1.32 bits per heavy atom. The molecule has 0 atom stereocenters. The van der Waals surface area contributed by atoms with E-state index in [1.165, 1.54) is 0 Å². The molecule has 0 fully saturated rings. The maximum Gasteiger partial charge on any atom is 0.358 e. The summed E-state index contributed by atoms with van der Waals surface area (Å²) < 4.78 is 7.22. The van der Waals surface area contributed by atoms with Gasteiger partial charge in [0, 0.05) is 7.05 Å². The number of rotatable bonds is 2. The van der Waals surface area contributed by atoms with E-state index in [9.17, 15) is 4.79 Å². The van der Waals surface area contributed by atoms with Gasteiger partial charge in [-0.15, -0.1) is 0 Å². The normalized spacial score (nSPS) is 11.1. The topological polar surface area (TPSA) is 81.2 Å². The van der Waals surface area contributed by atoms with Crippen molar-refractivity contribution in [2.24, 2.45) is 7.05 Å². The van der Waals surface area contributed by atoms with Crippen LogP contribution in [0, 0.1) is 6.92 Å². The minimum Gasteiger partial charge on any atom is -0.476 e. The summed E-state index contributed by atoms with van der Waals surface area (Å²) in [6, 6.07) is 7.62. The molecule has 0 radical (unpaired) electrons. The summed E-state index contributed by atoms with van der Waals surface area (Å²) in [4.78, 5) is 19.4. The van der Waals surface area contributed by atoms with E-state index in [0.29, 0.717) is 5.82 Å². The molecule has 6 nitrogen and oxygen atoms in total. The third-order valence-electron chi connectivity index (χ3n) is 2.98. The van der Waals surface area contributed by atoms with Crippen LogP contribution >= 0.6 is 0 Å². The SMILES string of the molecule is Cc1oc(-c2nc3ccccc3n2C)nc1C(=O)O. The fraction of sp³-hybridized carbons (Fsp3) is 0.154. The van der Waals surface area contributed by atoms with Gasteiger partial charge in [-0.2, -0.15) is 4.98 Å². The summed E-state index contributed by atoms with van der Waals surface area (Å²) in [6.07, 6.45) is 0. The first-order valence-electron chi connectivity index (χ1n) is 5.70. The quantitative estimate of drug-likeness (QED) is 0.761. The number of hydrogen-bond donors (Lipinski definition) is 1. The smallest absolute Gasteiger partial charge is 0.358 e. The van der Waals surface area contributed by atoms with Crippen LogP contribution in [0.25, 0.3) is 22.7 Å². The molecule has 3 aromatic rings. The van der Waals surface area contributed by atoms with Crippen molar-refractivity contribution in [1.29, 1.82) is 0 Å². The van der Waals surface area contributed by atoms with E-state index in [-0.39, 0.29) is 17.3 Å². The fourth-order valence-electron chi connectivity index (χ4n) is 2.03. The number of nitrogens with zero attached hydrogens (tertiary/aromatic N) is 3. The minimum absolute atomic E-state index is 0.0814. The zero-order chi connectivity index (χ0) is 13.6. The summed E-state index contributed by atoms with van der Waals surface area (Å²) >= 11 is 0. The van der Waals surface area contributed by atoms with Gasteiger partial charge >= 0.3 is 5.97 Å². The maximum absolute atomic E-state index is 11.0. The third kappa shape index (κ3) is 1.69. The summed E-state index contributed by atoms with van der Waals surface area (Å²) in [5, 5.41) is 8.99. The summed E-state index contributed by atoms with van der Waals surface area (Å²) in [6.45, 7) is 1.57. The predicted molar refractivity (Wildman–Crippen MR) is 67.9 cm³/mol. The van der Waals surface area contributed by atoms with Crippen LogP contribution in [0.1, 0.15) is 16.2 Å². The zero-order valence-electron chi connectivity index (χ0n) is 10.4. The number of hydrogen-bond acceptors (Lipinski definition) is 4. The molecular formula is C13H11N3O3. The van der Waals surface area contributed by atoms with Crippen molar-refractivity contribution in [2.75, 3.05) is 0 Å². The van der Waals surface area contributed by atoms with Crippen molar-refractivity contribution in [3.63, 3.8) is 0 Å². The Kier molecular flexibility index (Phi) is 2.38. The largest absolute Gasteiger partial charge is 0.476 e. The van der Waals surface area contributed by atoms with Gasteiger partial charge in [-0.05, 0) is 19.1 Å².